The van der Waals surface area contributed by atoms with Crippen molar-refractivity contribution >= 4 is 29.2 Å². The van der Waals surface area contributed by atoms with Crippen LogP contribution in [0.3, 0.4) is 0 Å². The molecule has 0 bridgehead atoms. The molecule has 1 aliphatic heterocycles. The smallest absolute Gasteiger partial charge is 0.308 e. The lowest BCUT2D eigenvalue weighted by molar-refractivity contribution is -0.131. The zero-order valence-electron chi connectivity index (χ0n) is 15.7. The van der Waals surface area contributed by atoms with Crippen LogP contribution in [0.4, 0.5) is 16.2 Å². The van der Waals surface area contributed by atoms with E-state index in [2.05, 4.69) is 0 Å². The lowest BCUT2D eigenvalue weighted by Crippen LogP contribution is -2.46. The van der Waals surface area contributed by atoms with Gasteiger partial charge in [0.15, 0.2) is 0 Å². The van der Waals surface area contributed by atoms with Crippen molar-refractivity contribution < 1.29 is 14.4 Å². The van der Waals surface area contributed by atoms with Gasteiger partial charge in [-0.1, -0.05) is 36.4 Å². The van der Waals surface area contributed by atoms with Gasteiger partial charge in [0.2, 0.25) is 5.91 Å². The lowest BCUT2D eigenvalue weighted by atomic mass is 10.2. The van der Waals surface area contributed by atoms with Gasteiger partial charge in [0.1, 0.15) is 12.6 Å². The number of hydrogen-bond acceptors (Lipinski definition) is 3. The summed E-state index contributed by atoms with van der Waals surface area (Å²) in [6.07, 6.45) is 0. The number of anilines is 2. The van der Waals surface area contributed by atoms with Gasteiger partial charge in [0, 0.05) is 17.4 Å². The van der Waals surface area contributed by atoms with Gasteiger partial charge >= 0.3 is 6.03 Å². The Hall–Kier alpha value is -3.15. The molecule has 6 nitrogen and oxygen atoms in total. The van der Waals surface area contributed by atoms with Gasteiger partial charge in [0.05, 0.1) is 0 Å². The molecule has 1 fully saturated rings. The maximum atomic E-state index is 12.9. The van der Waals surface area contributed by atoms with Gasteiger partial charge < -0.3 is 4.90 Å². The van der Waals surface area contributed by atoms with Crippen molar-refractivity contribution in [1.29, 1.82) is 0 Å². The van der Waals surface area contributed by atoms with Crippen LogP contribution in [0.1, 0.15) is 20.8 Å². The normalized spacial score (nSPS) is 17.0. The van der Waals surface area contributed by atoms with Crippen molar-refractivity contribution in [2.75, 3.05) is 16.3 Å². The van der Waals surface area contributed by atoms with E-state index in [1.54, 1.807) is 24.0 Å². The molecule has 0 aromatic heterocycles. The Morgan fingerprint density at radius 1 is 1.00 bits per heavy atom. The molecule has 2 aromatic carbocycles. The average molecular weight is 365 g/mol. The number of benzene rings is 2. The second kappa shape index (κ2) is 7.61. The summed E-state index contributed by atoms with van der Waals surface area (Å²) in [6, 6.07) is 17.1. The van der Waals surface area contributed by atoms with Crippen LogP contribution < -0.4 is 9.80 Å². The molecule has 3 rings (SSSR count). The maximum absolute atomic E-state index is 12.9. The van der Waals surface area contributed by atoms with Crippen LogP contribution in [-0.2, 0) is 9.59 Å². The van der Waals surface area contributed by atoms with E-state index in [4.69, 9.17) is 0 Å². The molecule has 0 N–H and O–H groups in total. The van der Waals surface area contributed by atoms with E-state index < -0.39 is 12.1 Å². The minimum Gasteiger partial charge on any atom is -0.308 e. The van der Waals surface area contributed by atoms with E-state index in [1.807, 2.05) is 62.4 Å². The zero-order chi connectivity index (χ0) is 19.6. The number of hydrogen-bond donors (Lipinski definition) is 0. The Morgan fingerprint density at radius 2 is 1.56 bits per heavy atom. The summed E-state index contributed by atoms with van der Waals surface area (Å²) in [5.41, 5.74) is 1.38. The van der Waals surface area contributed by atoms with E-state index in [9.17, 15) is 14.4 Å². The van der Waals surface area contributed by atoms with Crippen LogP contribution >= 0.6 is 0 Å². The van der Waals surface area contributed by atoms with Crippen LogP contribution in [-0.4, -0.2) is 41.4 Å². The van der Waals surface area contributed by atoms with Gasteiger partial charge in [-0.15, -0.1) is 0 Å². The molecule has 4 amide bonds. The maximum Gasteiger partial charge on any atom is 0.332 e. The number of nitrogens with zero attached hydrogens (tertiary/aromatic N) is 3. The van der Waals surface area contributed by atoms with Crippen molar-refractivity contribution in [3.63, 3.8) is 0 Å². The number of rotatable bonds is 5. The highest BCUT2D eigenvalue weighted by molar-refractivity contribution is 6.16. The number of carbonyl (C=O) groups is 3. The van der Waals surface area contributed by atoms with E-state index in [0.717, 1.165) is 10.6 Å². The third-order valence-corrected chi connectivity index (χ3v) is 4.59. The van der Waals surface area contributed by atoms with Gasteiger partial charge in [-0.3, -0.25) is 19.4 Å². The number of carbonyl (C=O) groups excluding carboxylic acids is 3. The minimum absolute atomic E-state index is 0.102. The third kappa shape index (κ3) is 3.56. The number of para-hydroxylation sites is 2. The van der Waals surface area contributed by atoms with Crippen molar-refractivity contribution in [3.8, 4) is 0 Å². The van der Waals surface area contributed by atoms with E-state index in [0.29, 0.717) is 5.69 Å². The van der Waals surface area contributed by atoms with Crippen molar-refractivity contribution in [3.05, 3.63) is 60.7 Å². The SMILES string of the molecule is CC(C)N(C(=O)CN1C(=O)[C@H](C)N(c2ccccc2)C1=O)c1ccccc1. The monoisotopic (exact) mass is 365 g/mol. The standard InChI is InChI=1S/C21H23N3O3/c1-15(2)23(17-10-6-4-7-11-17)19(25)14-22-20(26)16(3)24(21(22)27)18-12-8-5-9-13-18/h4-13,15-16H,14H2,1-3H3/t16-/m0/s1. The number of amides is 4. The van der Waals surface area contributed by atoms with Crippen molar-refractivity contribution in [2.45, 2.75) is 32.9 Å². The molecule has 1 saturated heterocycles. The minimum atomic E-state index is -0.642. The molecule has 0 aliphatic carbocycles. The second-order valence-electron chi connectivity index (χ2n) is 6.78. The summed E-state index contributed by atoms with van der Waals surface area (Å²) in [7, 11) is 0. The molecule has 6 heteroatoms. The highest BCUT2D eigenvalue weighted by atomic mass is 16.2. The quantitative estimate of drug-likeness (QED) is 0.764. The first kappa shape index (κ1) is 18.6. The molecule has 0 unspecified atom stereocenters. The summed E-state index contributed by atoms with van der Waals surface area (Å²) in [5.74, 6) is -0.658. The first-order valence-corrected chi connectivity index (χ1v) is 8.98. The Bertz CT molecular complexity index is 836. The van der Waals surface area contributed by atoms with Crippen molar-refractivity contribution in [2.24, 2.45) is 0 Å². The highest BCUT2D eigenvalue weighted by Crippen LogP contribution is 2.26. The summed E-state index contributed by atoms with van der Waals surface area (Å²) < 4.78 is 0. The fraction of sp³-hybridized carbons (Fsp3) is 0.286. The predicted octanol–water partition coefficient (Wildman–Crippen LogP) is 3.29. The van der Waals surface area contributed by atoms with Crippen LogP contribution in [0, 0.1) is 0 Å². The van der Waals surface area contributed by atoms with Crippen LogP contribution in [0.5, 0.6) is 0 Å². The van der Waals surface area contributed by atoms with Crippen LogP contribution in [0.2, 0.25) is 0 Å². The van der Waals surface area contributed by atoms with E-state index in [1.165, 1.54) is 4.90 Å². The molecule has 2 aromatic rings. The molecular formula is C21H23N3O3. The second-order valence-corrected chi connectivity index (χ2v) is 6.78. The van der Waals surface area contributed by atoms with E-state index >= 15 is 0 Å². The fourth-order valence-electron chi connectivity index (χ4n) is 3.32. The summed E-state index contributed by atoms with van der Waals surface area (Å²) in [5, 5.41) is 0. The van der Waals surface area contributed by atoms with Gasteiger partial charge in [-0.25, -0.2) is 4.79 Å². The molecule has 0 radical (unpaired) electrons. The average Bonchev–Trinajstić information content (AvgIpc) is 2.86. The fourth-order valence-corrected chi connectivity index (χ4v) is 3.32. The van der Waals surface area contributed by atoms with Crippen LogP contribution in [0.25, 0.3) is 0 Å². The van der Waals surface area contributed by atoms with Gasteiger partial charge in [-0.05, 0) is 45.0 Å². The molecule has 0 saturated carbocycles. The Kier molecular flexibility index (Phi) is 5.26. The molecule has 0 spiro atoms. The van der Waals surface area contributed by atoms with Gasteiger partial charge in [0.25, 0.3) is 5.91 Å². The Morgan fingerprint density at radius 3 is 2.11 bits per heavy atom. The predicted molar refractivity (Wildman–Crippen MR) is 105 cm³/mol. The first-order valence-electron chi connectivity index (χ1n) is 8.98. The Balaban J connectivity index is 1.83. The van der Waals surface area contributed by atoms with Gasteiger partial charge in [-0.2, -0.15) is 0 Å². The topological polar surface area (TPSA) is 60.9 Å². The number of urea groups is 1. The molecular weight excluding hydrogens is 342 g/mol. The lowest BCUT2D eigenvalue weighted by Gasteiger charge is -2.28. The third-order valence-electron chi connectivity index (χ3n) is 4.59. The largest absolute Gasteiger partial charge is 0.332 e. The summed E-state index contributed by atoms with van der Waals surface area (Å²) in [4.78, 5) is 42.5. The molecule has 1 aliphatic rings. The zero-order valence-corrected chi connectivity index (χ0v) is 15.7. The molecule has 140 valence electrons. The van der Waals surface area contributed by atoms with Crippen LogP contribution in [0.15, 0.2) is 60.7 Å². The molecule has 27 heavy (non-hydrogen) atoms. The first-order chi connectivity index (χ1) is 12.9. The highest BCUT2D eigenvalue weighted by Gasteiger charge is 2.44. The molecule has 1 heterocycles. The number of imide groups is 1. The summed E-state index contributed by atoms with van der Waals surface area (Å²) >= 11 is 0. The Labute approximate surface area is 159 Å². The summed E-state index contributed by atoms with van der Waals surface area (Å²) in [6.45, 7) is 5.20. The van der Waals surface area contributed by atoms with Crippen molar-refractivity contribution in [1.82, 2.24) is 4.90 Å². The van der Waals surface area contributed by atoms with E-state index in [-0.39, 0.29) is 24.4 Å². The molecule has 1 atom stereocenters.